The molecule has 3 aromatic heterocycles. The molecule has 14 nitrogen and oxygen atoms in total. The summed E-state index contributed by atoms with van der Waals surface area (Å²) in [6.07, 6.45) is 3.44. The number of pyridine rings is 1. The molecule has 0 aliphatic carbocycles. The van der Waals surface area contributed by atoms with E-state index in [9.17, 15) is 19.5 Å². The van der Waals surface area contributed by atoms with E-state index in [1.54, 1.807) is 34.5 Å². The number of oxime groups is 1. The third kappa shape index (κ3) is 5.50. The highest BCUT2D eigenvalue weighted by Gasteiger charge is 2.54. The van der Waals surface area contributed by atoms with Gasteiger partial charge in [0.1, 0.15) is 22.8 Å². The van der Waals surface area contributed by atoms with Crippen LogP contribution in [0.3, 0.4) is 0 Å². The summed E-state index contributed by atoms with van der Waals surface area (Å²) in [7, 11) is 0. The second-order valence-electron chi connectivity index (χ2n) is 8.39. The van der Waals surface area contributed by atoms with Crippen LogP contribution in [0.2, 0.25) is 0 Å². The van der Waals surface area contributed by atoms with Gasteiger partial charge in [0.25, 0.3) is 11.8 Å². The summed E-state index contributed by atoms with van der Waals surface area (Å²) in [5, 5.41) is 19.7. The molecule has 2 atom stereocenters. The van der Waals surface area contributed by atoms with Crippen LogP contribution >= 0.6 is 34.4 Å². The first-order valence-electron chi connectivity index (χ1n) is 11.3. The van der Waals surface area contributed by atoms with Gasteiger partial charge in [0.05, 0.1) is 11.4 Å². The number of nitrogens with one attached hydrogen (secondary N) is 1. The van der Waals surface area contributed by atoms with Crippen LogP contribution < -0.4 is 27.1 Å². The van der Waals surface area contributed by atoms with Gasteiger partial charge in [-0.3, -0.25) is 14.5 Å². The topological polar surface area (TPSA) is 216 Å². The molecule has 8 N–H and O–H groups in total. The van der Waals surface area contributed by atoms with Crippen molar-refractivity contribution in [1.82, 2.24) is 20.2 Å². The molecule has 2 amide bonds. The first-order chi connectivity index (χ1) is 18.7. The van der Waals surface area contributed by atoms with E-state index in [-0.39, 0.29) is 35.4 Å². The van der Waals surface area contributed by atoms with Crippen LogP contribution in [0.15, 0.2) is 51.7 Å². The van der Waals surface area contributed by atoms with E-state index >= 15 is 0 Å². The first-order valence-corrected chi connectivity index (χ1v) is 14.1. The van der Waals surface area contributed by atoms with E-state index in [2.05, 4.69) is 20.4 Å². The number of nitrogen functional groups attached to an aromatic ring is 3. The summed E-state index contributed by atoms with van der Waals surface area (Å²) in [6, 6.07) is 2.50. The number of nitrogens with zero attached hydrogens (tertiary/aromatic N) is 5. The standard InChI is InChI=1S/C22H21N9O5S3/c23-11-2-1-3-30(5-11)4-10-7-37-19-15(18(33)31(19)16(10)20(34)35)28-17(32)14(13-9-39-22(25)27-13)29-36-6-12-8-38-21(24)26-12/h1-3,5,8-9,15,19H,4,6-7,23H2,(H5-,24,25,26,27,28,32,34,35)/p+1/t15?,19-/m0/s1. The van der Waals surface area contributed by atoms with Crippen molar-refractivity contribution in [1.29, 1.82) is 0 Å². The van der Waals surface area contributed by atoms with Crippen molar-refractivity contribution >= 4 is 73.9 Å². The van der Waals surface area contributed by atoms with Gasteiger partial charge in [-0.05, 0) is 6.07 Å². The third-order valence-corrected chi connectivity index (χ3v) is 8.44. The Morgan fingerprint density at radius 2 is 2.00 bits per heavy atom. The molecule has 0 saturated carbocycles. The zero-order valence-corrected chi connectivity index (χ0v) is 22.5. The van der Waals surface area contributed by atoms with E-state index in [0.29, 0.717) is 27.8 Å². The zero-order chi connectivity index (χ0) is 27.7. The summed E-state index contributed by atoms with van der Waals surface area (Å²) >= 11 is 3.70. The van der Waals surface area contributed by atoms with Crippen LogP contribution in [0.4, 0.5) is 16.0 Å². The van der Waals surface area contributed by atoms with Crippen molar-refractivity contribution in [2.75, 3.05) is 23.0 Å². The Morgan fingerprint density at radius 1 is 1.23 bits per heavy atom. The minimum absolute atomic E-state index is 0.0423. The zero-order valence-electron chi connectivity index (χ0n) is 20.0. The van der Waals surface area contributed by atoms with Gasteiger partial charge >= 0.3 is 5.97 Å². The van der Waals surface area contributed by atoms with Gasteiger partial charge in [-0.1, -0.05) is 5.16 Å². The predicted octanol–water partition coefficient (Wildman–Crippen LogP) is -0.00660. The number of carbonyl (C=O) groups is 3. The highest BCUT2D eigenvalue weighted by Crippen LogP contribution is 2.40. The molecule has 17 heteroatoms. The predicted molar refractivity (Wildman–Crippen MR) is 145 cm³/mol. The van der Waals surface area contributed by atoms with Crippen molar-refractivity contribution < 1.29 is 28.9 Å². The number of carboxylic acids is 1. The molecule has 0 radical (unpaired) electrons. The number of hydrogen-bond acceptors (Lipinski definition) is 13. The molecule has 5 heterocycles. The molecule has 2 aliphatic heterocycles. The number of nitrogens with two attached hydrogens (primary N) is 3. The van der Waals surface area contributed by atoms with E-state index in [1.807, 2.05) is 0 Å². The summed E-state index contributed by atoms with van der Waals surface area (Å²) in [5.41, 5.74) is 18.7. The summed E-state index contributed by atoms with van der Waals surface area (Å²) in [4.78, 5) is 53.2. The summed E-state index contributed by atoms with van der Waals surface area (Å²) in [5.74, 6) is -2.16. The lowest BCUT2D eigenvalue weighted by Gasteiger charge is -2.49. The van der Waals surface area contributed by atoms with Gasteiger partial charge in [0.15, 0.2) is 41.5 Å². The number of thioether (sulfide) groups is 1. The molecule has 202 valence electrons. The fourth-order valence-corrected chi connectivity index (χ4v) is 6.46. The van der Waals surface area contributed by atoms with Crippen LogP contribution in [0.5, 0.6) is 0 Å². The van der Waals surface area contributed by atoms with Crippen LogP contribution in [0, 0.1) is 0 Å². The number of anilines is 3. The summed E-state index contributed by atoms with van der Waals surface area (Å²) < 4.78 is 1.75. The number of hydrogen-bond donors (Lipinski definition) is 5. The van der Waals surface area contributed by atoms with Gasteiger partial charge in [0.2, 0.25) is 0 Å². The smallest absolute Gasteiger partial charge is 0.352 e. The second-order valence-corrected chi connectivity index (χ2v) is 11.3. The minimum Gasteiger partial charge on any atom is -0.477 e. The lowest BCUT2D eigenvalue weighted by atomic mass is 10.0. The van der Waals surface area contributed by atoms with Gasteiger partial charge in [0, 0.05) is 28.2 Å². The van der Waals surface area contributed by atoms with Gasteiger partial charge in [-0.15, -0.1) is 34.4 Å². The molecule has 0 spiro atoms. The molecule has 0 aromatic carbocycles. The quantitative estimate of drug-likeness (QED) is 0.0969. The molecule has 5 rings (SSSR count). The normalized spacial score (nSPS) is 18.9. The van der Waals surface area contributed by atoms with Crippen molar-refractivity contribution in [3.63, 3.8) is 0 Å². The third-order valence-electron chi connectivity index (χ3n) is 5.71. The molecule has 1 unspecified atom stereocenters. The molecule has 1 saturated heterocycles. The Hall–Kier alpha value is -4.22. The number of amides is 2. The van der Waals surface area contributed by atoms with Crippen LogP contribution in [-0.4, -0.2) is 60.6 Å². The molecular weight excluding hydrogens is 567 g/mol. The Labute approximate surface area is 233 Å². The van der Waals surface area contributed by atoms with Crippen LogP contribution in [-0.2, 0) is 32.4 Å². The van der Waals surface area contributed by atoms with Crippen molar-refractivity contribution in [2.45, 2.75) is 24.6 Å². The van der Waals surface area contributed by atoms with Crippen molar-refractivity contribution in [3.8, 4) is 0 Å². The van der Waals surface area contributed by atoms with Crippen LogP contribution in [0.25, 0.3) is 0 Å². The maximum Gasteiger partial charge on any atom is 0.352 e. The molecule has 1 fully saturated rings. The molecule has 3 aromatic rings. The number of thiazole rings is 2. The van der Waals surface area contributed by atoms with Crippen LogP contribution in [0.1, 0.15) is 11.4 Å². The molecule has 2 aliphatic rings. The number of fused-ring (bicyclic) bond motifs is 1. The SMILES string of the molecule is Nc1ccc[n+](CC2=C(C(=O)O)N3C(=O)C(NC(=O)C(=NOCc4csc(N)n4)c4csc(N)n4)[C@@H]3SC2)c1. The monoisotopic (exact) mass is 588 g/mol. The number of rotatable bonds is 9. The van der Waals surface area contributed by atoms with E-state index in [1.165, 1.54) is 33.4 Å². The lowest BCUT2D eigenvalue weighted by Crippen LogP contribution is -2.71. The van der Waals surface area contributed by atoms with E-state index < -0.39 is 29.2 Å². The number of β-lactam (4-membered cyclic amide) rings is 1. The first kappa shape index (κ1) is 26.4. The average molecular weight is 589 g/mol. The Kier molecular flexibility index (Phi) is 7.36. The number of aliphatic carboxylic acids is 1. The Balaban J connectivity index is 1.32. The summed E-state index contributed by atoms with van der Waals surface area (Å²) in [6.45, 7) is 0.205. The molecular formula is C22H22N9O5S3+. The maximum atomic E-state index is 13.2. The number of carboxylic acid groups (broad SMARTS) is 1. The Bertz CT molecular complexity index is 1520. The fourth-order valence-electron chi connectivity index (χ4n) is 4.03. The van der Waals surface area contributed by atoms with Crippen molar-refractivity contribution in [2.24, 2.45) is 5.16 Å². The molecule has 0 bridgehead atoms. The highest BCUT2D eigenvalue weighted by atomic mass is 32.2. The minimum atomic E-state index is -1.23. The lowest BCUT2D eigenvalue weighted by molar-refractivity contribution is -0.688. The van der Waals surface area contributed by atoms with Crippen molar-refractivity contribution in [3.05, 3.63) is 57.9 Å². The van der Waals surface area contributed by atoms with E-state index in [0.717, 1.165) is 11.3 Å². The highest BCUT2D eigenvalue weighted by molar-refractivity contribution is 8.00. The number of carbonyl (C=O) groups excluding carboxylic acids is 2. The fraction of sp³-hybridized carbons (Fsp3) is 0.227. The largest absolute Gasteiger partial charge is 0.477 e. The number of aromatic nitrogens is 3. The van der Waals surface area contributed by atoms with Gasteiger partial charge < -0.3 is 32.5 Å². The molecule has 39 heavy (non-hydrogen) atoms. The van der Waals surface area contributed by atoms with E-state index in [4.69, 9.17) is 22.0 Å². The van der Waals surface area contributed by atoms with Gasteiger partial charge in [-0.25, -0.2) is 14.8 Å². The second kappa shape index (κ2) is 10.9. The maximum absolute atomic E-state index is 13.2. The average Bonchev–Trinajstić information content (AvgIpc) is 3.52. The van der Waals surface area contributed by atoms with Gasteiger partial charge in [-0.2, -0.15) is 4.57 Å². The Morgan fingerprint density at radius 3 is 2.67 bits per heavy atom.